The fraction of sp³-hybridized carbons (Fsp3) is 0.500. The van der Waals surface area contributed by atoms with Gasteiger partial charge in [-0.2, -0.15) is 11.8 Å². The molecule has 1 rings (SSSR count). The Hall–Kier alpha value is -1.32. The van der Waals surface area contributed by atoms with Crippen molar-refractivity contribution >= 4 is 33.2 Å². The molecule has 0 unspecified atom stereocenters. The number of hydrogen-bond donors (Lipinski definition) is 2. The number of sulfonamides is 1. The van der Waals surface area contributed by atoms with Crippen LogP contribution >= 0.6 is 11.8 Å². The van der Waals surface area contributed by atoms with E-state index in [4.69, 9.17) is 0 Å². The Labute approximate surface area is 128 Å². The van der Waals surface area contributed by atoms with Crippen molar-refractivity contribution in [3.8, 4) is 0 Å². The van der Waals surface area contributed by atoms with E-state index in [1.54, 1.807) is 11.8 Å². The number of anilines is 1. The molecular weight excluding hydrogens is 314 g/mol. The van der Waals surface area contributed by atoms with E-state index in [1.807, 2.05) is 13.2 Å². The summed E-state index contributed by atoms with van der Waals surface area (Å²) in [5.74, 6) is 0.845. The topological polar surface area (TPSA) is 101 Å². The van der Waals surface area contributed by atoms with Gasteiger partial charge in [-0.15, -0.1) is 0 Å². The number of thioether (sulfide) groups is 1. The fourth-order valence-corrected chi connectivity index (χ4v) is 3.39. The normalized spacial score (nSPS) is 11.3. The van der Waals surface area contributed by atoms with Crippen molar-refractivity contribution in [2.75, 3.05) is 30.4 Å². The van der Waals surface area contributed by atoms with Gasteiger partial charge in [0.25, 0.3) is 5.69 Å². The maximum absolute atomic E-state index is 12.3. The number of non-ortho nitro benzene ring substituents is 1. The molecule has 0 aliphatic heterocycles. The minimum atomic E-state index is -3.78. The standard InChI is InChI=1S/C12H19N3O4S2/c1-3-13-11-6-5-10(15(16)17)9-12(11)21(18,19)14-7-4-8-20-2/h5-6,9,13-14H,3-4,7-8H2,1-2H3. The fourth-order valence-electron chi connectivity index (χ4n) is 1.68. The third kappa shape index (κ3) is 5.18. The summed E-state index contributed by atoms with van der Waals surface area (Å²) in [7, 11) is -3.78. The summed E-state index contributed by atoms with van der Waals surface area (Å²) >= 11 is 1.63. The van der Waals surface area contributed by atoms with Gasteiger partial charge in [-0.05, 0) is 31.4 Å². The molecule has 2 N–H and O–H groups in total. The van der Waals surface area contributed by atoms with E-state index < -0.39 is 14.9 Å². The second-order valence-corrected chi connectivity index (χ2v) is 6.93. The van der Waals surface area contributed by atoms with Crippen LogP contribution in [0.15, 0.2) is 23.1 Å². The zero-order valence-corrected chi connectivity index (χ0v) is 13.6. The first-order valence-electron chi connectivity index (χ1n) is 6.43. The number of rotatable bonds is 9. The largest absolute Gasteiger partial charge is 0.384 e. The van der Waals surface area contributed by atoms with Gasteiger partial charge in [-0.1, -0.05) is 0 Å². The van der Waals surface area contributed by atoms with Crippen molar-refractivity contribution in [1.82, 2.24) is 4.72 Å². The highest BCUT2D eigenvalue weighted by Crippen LogP contribution is 2.26. The molecule has 7 nitrogen and oxygen atoms in total. The molecule has 118 valence electrons. The Morgan fingerprint density at radius 2 is 2.10 bits per heavy atom. The minimum Gasteiger partial charge on any atom is -0.384 e. The molecule has 1 aromatic rings. The molecule has 0 saturated carbocycles. The second kappa shape index (κ2) is 8.20. The zero-order valence-electron chi connectivity index (χ0n) is 12.0. The van der Waals surface area contributed by atoms with Gasteiger partial charge in [-0.3, -0.25) is 10.1 Å². The first kappa shape index (κ1) is 17.7. The van der Waals surface area contributed by atoms with Crippen LogP contribution < -0.4 is 10.0 Å². The van der Waals surface area contributed by atoms with E-state index in [2.05, 4.69) is 10.0 Å². The Balaban J connectivity index is 3.05. The van der Waals surface area contributed by atoms with Crippen molar-refractivity contribution in [2.24, 2.45) is 0 Å². The lowest BCUT2D eigenvalue weighted by atomic mass is 10.3. The summed E-state index contributed by atoms with van der Waals surface area (Å²) in [6.07, 6.45) is 2.64. The molecule has 0 spiro atoms. The van der Waals surface area contributed by atoms with Gasteiger partial charge in [-0.25, -0.2) is 13.1 Å². The second-order valence-electron chi connectivity index (χ2n) is 4.21. The van der Waals surface area contributed by atoms with E-state index in [1.165, 1.54) is 12.1 Å². The van der Waals surface area contributed by atoms with Crippen LogP contribution in [0.3, 0.4) is 0 Å². The highest BCUT2D eigenvalue weighted by Gasteiger charge is 2.21. The van der Waals surface area contributed by atoms with Crippen molar-refractivity contribution in [3.63, 3.8) is 0 Å². The van der Waals surface area contributed by atoms with E-state index in [0.29, 0.717) is 25.2 Å². The summed E-state index contributed by atoms with van der Waals surface area (Å²) in [6.45, 7) is 2.65. The lowest BCUT2D eigenvalue weighted by Gasteiger charge is -2.12. The summed E-state index contributed by atoms with van der Waals surface area (Å²) in [4.78, 5) is 10.1. The van der Waals surface area contributed by atoms with Crippen LogP contribution in [-0.4, -0.2) is 38.4 Å². The molecule has 0 radical (unpaired) electrons. The van der Waals surface area contributed by atoms with Gasteiger partial charge in [0.1, 0.15) is 4.90 Å². The van der Waals surface area contributed by atoms with Crippen molar-refractivity contribution in [1.29, 1.82) is 0 Å². The molecule has 9 heteroatoms. The smallest absolute Gasteiger partial charge is 0.270 e. The molecule has 0 atom stereocenters. The lowest BCUT2D eigenvalue weighted by molar-refractivity contribution is -0.385. The zero-order chi connectivity index (χ0) is 15.9. The summed E-state index contributed by atoms with van der Waals surface area (Å²) < 4.78 is 27.0. The average Bonchev–Trinajstić information content (AvgIpc) is 2.44. The number of hydrogen-bond acceptors (Lipinski definition) is 6. The first-order valence-corrected chi connectivity index (χ1v) is 9.31. The molecule has 0 saturated heterocycles. The van der Waals surface area contributed by atoms with Crippen molar-refractivity contribution < 1.29 is 13.3 Å². The van der Waals surface area contributed by atoms with Gasteiger partial charge in [0.15, 0.2) is 0 Å². The molecule has 0 bridgehead atoms. The van der Waals surface area contributed by atoms with Gasteiger partial charge >= 0.3 is 0 Å². The quantitative estimate of drug-likeness (QED) is 0.407. The molecule has 0 heterocycles. The average molecular weight is 333 g/mol. The van der Waals surface area contributed by atoms with Crippen molar-refractivity contribution in [3.05, 3.63) is 28.3 Å². The molecular formula is C12H19N3O4S2. The van der Waals surface area contributed by atoms with Gasteiger partial charge in [0.05, 0.1) is 10.6 Å². The highest BCUT2D eigenvalue weighted by atomic mass is 32.2. The number of nitrogens with zero attached hydrogens (tertiary/aromatic N) is 1. The monoisotopic (exact) mass is 333 g/mol. The third-order valence-corrected chi connectivity index (χ3v) is 4.85. The predicted molar refractivity (Wildman–Crippen MR) is 85.4 cm³/mol. The van der Waals surface area contributed by atoms with Gasteiger partial charge in [0.2, 0.25) is 10.0 Å². The van der Waals surface area contributed by atoms with Crippen molar-refractivity contribution in [2.45, 2.75) is 18.2 Å². The van der Waals surface area contributed by atoms with Crippen LogP contribution in [0.25, 0.3) is 0 Å². The number of nitro benzene ring substituents is 1. The van der Waals surface area contributed by atoms with Gasteiger partial charge in [0, 0.05) is 25.2 Å². The predicted octanol–water partition coefficient (Wildman–Crippen LogP) is 2.06. The molecule has 1 aromatic carbocycles. The van der Waals surface area contributed by atoms with Crippen LogP contribution in [0.1, 0.15) is 13.3 Å². The molecule has 0 aliphatic carbocycles. The van der Waals surface area contributed by atoms with E-state index in [9.17, 15) is 18.5 Å². The summed E-state index contributed by atoms with van der Waals surface area (Å²) in [5, 5.41) is 13.7. The SMILES string of the molecule is CCNc1ccc([N+](=O)[O-])cc1S(=O)(=O)NCCCSC. The maximum Gasteiger partial charge on any atom is 0.270 e. The molecule has 0 aliphatic rings. The summed E-state index contributed by atoms with van der Waals surface area (Å²) in [6, 6.07) is 3.78. The van der Waals surface area contributed by atoms with Crippen LogP contribution in [0.2, 0.25) is 0 Å². The number of nitrogens with one attached hydrogen (secondary N) is 2. The molecule has 0 fully saturated rings. The van der Waals surface area contributed by atoms with E-state index in [0.717, 1.165) is 11.8 Å². The molecule has 0 amide bonds. The van der Waals surface area contributed by atoms with Crippen LogP contribution in [-0.2, 0) is 10.0 Å². The van der Waals surface area contributed by atoms with Crippen LogP contribution in [0, 0.1) is 10.1 Å². The molecule has 21 heavy (non-hydrogen) atoms. The first-order chi connectivity index (χ1) is 9.92. The third-order valence-electron chi connectivity index (χ3n) is 2.65. The Morgan fingerprint density at radius 1 is 1.38 bits per heavy atom. The maximum atomic E-state index is 12.3. The molecule has 0 aromatic heterocycles. The Bertz CT molecular complexity index is 590. The summed E-state index contributed by atoms with van der Waals surface area (Å²) in [5.41, 5.74) is 0.113. The number of nitro groups is 1. The van der Waals surface area contributed by atoms with Gasteiger partial charge < -0.3 is 5.32 Å². The van der Waals surface area contributed by atoms with Crippen LogP contribution in [0.4, 0.5) is 11.4 Å². The highest BCUT2D eigenvalue weighted by molar-refractivity contribution is 7.98. The Kier molecular flexibility index (Phi) is 6.93. The van der Waals surface area contributed by atoms with E-state index >= 15 is 0 Å². The number of benzene rings is 1. The van der Waals surface area contributed by atoms with Crippen LogP contribution in [0.5, 0.6) is 0 Å². The van der Waals surface area contributed by atoms with E-state index in [-0.39, 0.29) is 10.6 Å². The Morgan fingerprint density at radius 3 is 2.67 bits per heavy atom. The lowest BCUT2D eigenvalue weighted by Crippen LogP contribution is -2.26. The minimum absolute atomic E-state index is 0.0947.